The van der Waals surface area contributed by atoms with Gasteiger partial charge in [-0.3, -0.25) is 4.79 Å². The molecule has 0 aliphatic heterocycles. The fourth-order valence-electron chi connectivity index (χ4n) is 1.80. The van der Waals surface area contributed by atoms with Crippen molar-refractivity contribution in [3.63, 3.8) is 0 Å². The number of phenolic OH excluding ortho intramolecular Hbond substituents is 1. The molecule has 7 heteroatoms. The lowest BCUT2D eigenvalue weighted by Crippen LogP contribution is -2.21. The molecule has 2 rings (SSSR count). The molecule has 0 spiro atoms. The topological polar surface area (TPSA) is 75.6 Å². The summed E-state index contributed by atoms with van der Waals surface area (Å²) < 4.78 is 4.86. The third-order valence-electron chi connectivity index (χ3n) is 3.01. The van der Waals surface area contributed by atoms with Gasteiger partial charge in [0.15, 0.2) is 6.61 Å². The summed E-state index contributed by atoms with van der Waals surface area (Å²) in [5.41, 5.74) is 0.987. The average Bonchev–Trinajstić information content (AvgIpc) is 2.53. The lowest BCUT2D eigenvalue weighted by atomic mass is 10.2. The second kappa shape index (κ2) is 7.35. The van der Waals surface area contributed by atoms with Crippen LogP contribution >= 0.6 is 23.2 Å². The van der Waals surface area contributed by atoms with Crippen molar-refractivity contribution in [1.29, 1.82) is 0 Å². The third-order valence-corrected chi connectivity index (χ3v) is 3.81. The van der Waals surface area contributed by atoms with Crippen LogP contribution in [0.3, 0.4) is 0 Å². The first-order chi connectivity index (χ1) is 10.9. The van der Waals surface area contributed by atoms with Crippen molar-refractivity contribution < 1.29 is 19.4 Å². The minimum atomic E-state index is -0.806. The van der Waals surface area contributed by atoms with Gasteiger partial charge in [0, 0.05) is 0 Å². The number of hydrogen-bond donors (Lipinski definition) is 2. The molecule has 0 heterocycles. The number of rotatable bonds is 4. The highest BCUT2D eigenvalue weighted by Gasteiger charge is 2.16. The summed E-state index contributed by atoms with van der Waals surface area (Å²) in [4.78, 5) is 23.7. The van der Waals surface area contributed by atoms with Gasteiger partial charge in [-0.05, 0) is 30.7 Å². The van der Waals surface area contributed by atoms with E-state index in [0.29, 0.717) is 5.02 Å². The number of amides is 1. The van der Waals surface area contributed by atoms with E-state index in [0.717, 1.165) is 5.56 Å². The van der Waals surface area contributed by atoms with Gasteiger partial charge >= 0.3 is 5.97 Å². The quantitative estimate of drug-likeness (QED) is 0.819. The van der Waals surface area contributed by atoms with Crippen LogP contribution in [-0.4, -0.2) is 23.6 Å². The minimum Gasteiger partial charge on any atom is -0.507 e. The number of halogens is 2. The molecule has 0 fully saturated rings. The van der Waals surface area contributed by atoms with E-state index in [-0.39, 0.29) is 22.0 Å². The number of phenols is 1. The van der Waals surface area contributed by atoms with Gasteiger partial charge in [0.05, 0.1) is 15.7 Å². The number of ether oxygens (including phenoxy) is 1. The Morgan fingerprint density at radius 3 is 2.57 bits per heavy atom. The van der Waals surface area contributed by atoms with E-state index in [2.05, 4.69) is 5.32 Å². The van der Waals surface area contributed by atoms with Crippen LogP contribution in [0, 0.1) is 6.92 Å². The fourth-order valence-corrected chi connectivity index (χ4v) is 2.27. The summed E-state index contributed by atoms with van der Waals surface area (Å²) in [6, 6.07) is 9.21. The monoisotopic (exact) mass is 353 g/mol. The third kappa shape index (κ3) is 4.15. The fraction of sp³-hybridized carbons (Fsp3) is 0.125. The molecule has 2 aromatic rings. The van der Waals surface area contributed by atoms with Crippen molar-refractivity contribution >= 4 is 40.8 Å². The number of esters is 1. The number of benzene rings is 2. The van der Waals surface area contributed by atoms with Crippen molar-refractivity contribution in [2.45, 2.75) is 6.92 Å². The molecule has 120 valence electrons. The second-order valence-corrected chi connectivity index (χ2v) is 5.48. The lowest BCUT2D eigenvalue weighted by molar-refractivity contribution is -0.119. The SMILES string of the molecule is Cc1ccc(Cl)c(NC(=O)COC(=O)c2ccccc2O)c1Cl. The van der Waals surface area contributed by atoms with E-state index in [1.54, 1.807) is 31.2 Å². The van der Waals surface area contributed by atoms with Gasteiger partial charge in [-0.15, -0.1) is 0 Å². The number of anilines is 1. The van der Waals surface area contributed by atoms with E-state index in [1.807, 2.05) is 0 Å². The van der Waals surface area contributed by atoms with E-state index in [9.17, 15) is 14.7 Å². The van der Waals surface area contributed by atoms with Gasteiger partial charge in [-0.2, -0.15) is 0 Å². The smallest absolute Gasteiger partial charge is 0.342 e. The average molecular weight is 354 g/mol. The van der Waals surface area contributed by atoms with Gasteiger partial charge in [0.2, 0.25) is 0 Å². The second-order valence-electron chi connectivity index (χ2n) is 4.69. The standard InChI is InChI=1S/C16H13Cl2NO4/c1-9-6-7-11(17)15(14(9)18)19-13(21)8-23-16(22)10-4-2-3-5-12(10)20/h2-7,20H,8H2,1H3,(H,19,21). The molecule has 0 aliphatic rings. The van der Waals surface area contributed by atoms with Gasteiger partial charge in [0.1, 0.15) is 11.3 Å². The van der Waals surface area contributed by atoms with Gasteiger partial charge in [-0.1, -0.05) is 41.4 Å². The molecular formula is C16H13Cl2NO4. The van der Waals surface area contributed by atoms with Crippen LogP contribution in [-0.2, 0) is 9.53 Å². The van der Waals surface area contributed by atoms with Crippen molar-refractivity contribution in [3.05, 3.63) is 57.6 Å². The molecule has 5 nitrogen and oxygen atoms in total. The van der Waals surface area contributed by atoms with Gasteiger partial charge in [0.25, 0.3) is 5.91 Å². The Bertz CT molecular complexity index is 762. The summed E-state index contributed by atoms with van der Waals surface area (Å²) in [5, 5.41) is 12.6. The zero-order chi connectivity index (χ0) is 17.0. The van der Waals surface area contributed by atoms with Gasteiger partial charge in [-0.25, -0.2) is 4.79 Å². The van der Waals surface area contributed by atoms with Crippen molar-refractivity contribution in [2.24, 2.45) is 0 Å². The zero-order valence-corrected chi connectivity index (χ0v) is 13.6. The molecular weight excluding hydrogens is 341 g/mol. The highest BCUT2D eigenvalue weighted by atomic mass is 35.5. The lowest BCUT2D eigenvalue weighted by Gasteiger charge is -2.11. The zero-order valence-electron chi connectivity index (χ0n) is 12.1. The van der Waals surface area contributed by atoms with Crippen molar-refractivity contribution in [2.75, 3.05) is 11.9 Å². The number of nitrogens with one attached hydrogen (secondary N) is 1. The molecule has 0 unspecified atom stereocenters. The highest BCUT2D eigenvalue weighted by molar-refractivity contribution is 6.40. The molecule has 0 aliphatic carbocycles. The molecule has 23 heavy (non-hydrogen) atoms. The van der Waals surface area contributed by atoms with Crippen LogP contribution in [0.4, 0.5) is 5.69 Å². The number of para-hydroxylation sites is 1. The Kier molecular flexibility index (Phi) is 5.47. The van der Waals surface area contributed by atoms with E-state index >= 15 is 0 Å². The number of carbonyl (C=O) groups is 2. The Morgan fingerprint density at radius 2 is 1.87 bits per heavy atom. The summed E-state index contributed by atoms with van der Waals surface area (Å²) in [6.07, 6.45) is 0. The maximum Gasteiger partial charge on any atom is 0.342 e. The van der Waals surface area contributed by atoms with Crippen molar-refractivity contribution in [3.8, 4) is 5.75 Å². The van der Waals surface area contributed by atoms with Crippen LogP contribution < -0.4 is 5.32 Å². The first-order valence-electron chi connectivity index (χ1n) is 6.59. The molecule has 1 amide bonds. The Morgan fingerprint density at radius 1 is 1.17 bits per heavy atom. The first-order valence-corrected chi connectivity index (χ1v) is 7.35. The summed E-state index contributed by atoms with van der Waals surface area (Å²) in [5.74, 6) is -1.62. The molecule has 2 aromatic carbocycles. The molecule has 0 atom stereocenters. The van der Waals surface area contributed by atoms with Crippen molar-refractivity contribution in [1.82, 2.24) is 0 Å². The Hall–Kier alpha value is -2.24. The number of carbonyl (C=O) groups excluding carboxylic acids is 2. The molecule has 0 aromatic heterocycles. The highest BCUT2D eigenvalue weighted by Crippen LogP contribution is 2.32. The number of hydrogen-bond acceptors (Lipinski definition) is 4. The summed E-state index contributed by atoms with van der Waals surface area (Å²) in [6.45, 7) is 1.24. The largest absolute Gasteiger partial charge is 0.507 e. The van der Waals surface area contributed by atoms with Crippen LogP contribution in [0.2, 0.25) is 10.0 Å². The maximum absolute atomic E-state index is 11.9. The molecule has 0 saturated heterocycles. The van der Waals surface area contributed by atoms with Gasteiger partial charge < -0.3 is 15.2 Å². The van der Waals surface area contributed by atoms with E-state index in [1.165, 1.54) is 12.1 Å². The molecule has 0 bridgehead atoms. The maximum atomic E-state index is 11.9. The summed E-state index contributed by atoms with van der Waals surface area (Å²) in [7, 11) is 0. The van der Waals surface area contributed by atoms with Crippen LogP contribution in [0.5, 0.6) is 5.75 Å². The first kappa shape index (κ1) is 17.1. The molecule has 0 saturated carbocycles. The van der Waals surface area contributed by atoms with Crippen LogP contribution in [0.15, 0.2) is 36.4 Å². The van der Waals surface area contributed by atoms with Crippen LogP contribution in [0.1, 0.15) is 15.9 Å². The van der Waals surface area contributed by atoms with E-state index in [4.69, 9.17) is 27.9 Å². The molecule has 2 N–H and O–H groups in total. The predicted molar refractivity (Wildman–Crippen MR) is 88.2 cm³/mol. The Labute approximate surface area is 142 Å². The summed E-state index contributed by atoms with van der Waals surface area (Å²) >= 11 is 12.1. The number of aryl methyl sites for hydroxylation is 1. The minimum absolute atomic E-state index is 0.0214. The molecule has 0 radical (unpaired) electrons. The predicted octanol–water partition coefficient (Wildman–Crippen LogP) is 3.80. The van der Waals surface area contributed by atoms with Crippen LogP contribution in [0.25, 0.3) is 0 Å². The Balaban J connectivity index is 2.00. The number of aromatic hydroxyl groups is 1. The normalized spacial score (nSPS) is 10.2. The van der Waals surface area contributed by atoms with E-state index < -0.39 is 18.5 Å².